The summed E-state index contributed by atoms with van der Waals surface area (Å²) in [4.78, 5) is 57.6. The molecule has 0 unspecified atom stereocenters. The van der Waals surface area contributed by atoms with Crippen molar-refractivity contribution < 1.29 is 33.8 Å². The number of ether oxygens (including phenoxy) is 2. The number of rotatable bonds is 4. The van der Waals surface area contributed by atoms with Crippen molar-refractivity contribution in [2.45, 2.75) is 56.6 Å². The van der Waals surface area contributed by atoms with Crippen LogP contribution in [0.5, 0.6) is 0 Å². The summed E-state index contributed by atoms with van der Waals surface area (Å²) in [7, 11) is 0. The third-order valence-corrected chi connectivity index (χ3v) is 8.78. The van der Waals surface area contributed by atoms with Crippen molar-refractivity contribution in [1.82, 2.24) is 15.1 Å². The first kappa shape index (κ1) is 28.5. The predicted molar refractivity (Wildman–Crippen MR) is 148 cm³/mol. The Labute approximate surface area is 241 Å². The molecule has 5 rings (SSSR count). The van der Waals surface area contributed by atoms with E-state index in [2.05, 4.69) is 21.2 Å². The molecule has 4 aliphatic heterocycles. The first-order valence-corrected chi connectivity index (χ1v) is 14.4. The van der Waals surface area contributed by atoms with Gasteiger partial charge in [-0.3, -0.25) is 19.2 Å². The minimum atomic E-state index is -1.39. The molecule has 3 amide bonds. The molecule has 6 atom stereocenters. The molecule has 1 spiro atoms. The second-order valence-electron chi connectivity index (χ2n) is 10.8. The number of β-amino-alcohol motifs (C(OH)–C–C–N with tert-alkyl or cyclic N) is 1. The summed E-state index contributed by atoms with van der Waals surface area (Å²) in [6, 6.07) is 7.82. The van der Waals surface area contributed by atoms with E-state index < -0.39 is 47.6 Å². The molecule has 10 nitrogen and oxygen atoms in total. The Kier molecular flexibility index (Phi) is 8.17. The zero-order chi connectivity index (χ0) is 28.6. The highest BCUT2D eigenvalue weighted by atomic mass is 79.9. The number of nitrogens with one attached hydrogen (secondary N) is 1. The van der Waals surface area contributed by atoms with Crippen molar-refractivity contribution in [3.63, 3.8) is 0 Å². The van der Waals surface area contributed by atoms with E-state index in [-0.39, 0.29) is 50.5 Å². The number of halogens is 1. The van der Waals surface area contributed by atoms with Crippen molar-refractivity contribution in [1.29, 1.82) is 0 Å². The fourth-order valence-electron chi connectivity index (χ4n) is 6.26. The van der Waals surface area contributed by atoms with Crippen molar-refractivity contribution in [3.8, 4) is 0 Å². The van der Waals surface area contributed by atoms with Gasteiger partial charge in [0.2, 0.25) is 17.7 Å². The smallest absolute Gasteiger partial charge is 0.313 e. The molecule has 0 aliphatic carbocycles. The molecule has 0 radical (unpaired) electrons. The van der Waals surface area contributed by atoms with E-state index in [4.69, 9.17) is 9.47 Å². The van der Waals surface area contributed by atoms with Gasteiger partial charge in [-0.15, -0.1) is 0 Å². The molecular formula is C29H34BrN3O7. The normalized spacial score (nSPS) is 33.6. The summed E-state index contributed by atoms with van der Waals surface area (Å²) in [5.41, 5.74) is -0.694. The van der Waals surface area contributed by atoms with Gasteiger partial charge in [-0.05, 0) is 31.9 Å². The molecule has 11 heteroatoms. The van der Waals surface area contributed by atoms with Crippen LogP contribution in [-0.4, -0.2) is 88.6 Å². The average Bonchev–Trinajstić information content (AvgIpc) is 3.51. The second kappa shape index (κ2) is 11.5. The van der Waals surface area contributed by atoms with E-state index in [0.29, 0.717) is 16.5 Å². The number of fused-ring (bicyclic) bond motifs is 2. The topological polar surface area (TPSA) is 125 Å². The van der Waals surface area contributed by atoms with Gasteiger partial charge in [0.25, 0.3) is 0 Å². The Bertz CT molecular complexity index is 1240. The Balaban J connectivity index is 1.58. The molecule has 2 saturated heterocycles. The summed E-state index contributed by atoms with van der Waals surface area (Å²) < 4.78 is 13.0. The zero-order valence-corrected chi connectivity index (χ0v) is 24.1. The van der Waals surface area contributed by atoms with E-state index in [1.54, 1.807) is 11.0 Å². The summed E-state index contributed by atoms with van der Waals surface area (Å²) in [5.74, 6) is -3.63. The van der Waals surface area contributed by atoms with Gasteiger partial charge in [0.15, 0.2) is 0 Å². The van der Waals surface area contributed by atoms with Crippen LogP contribution in [0.3, 0.4) is 0 Å². The second-order valence-corrected chi connectivity index (χ2v) is 11.7. The number of hydrogen-bond donors (Lipinski definition) is 2. The summed E-state index contributed by atoms with van der Waals surface area (Å²) in [6.07, 6.45) is 4.55. The lowest BCUT2D eigenvalue weighted by Crippen LogP contribution is -2.57. The zero-order valence-electron chi connectivity index (χ0n) is 22.5. The van der Waals surface area contributed by atoms with Crippen LogP contribution in [0, 0.1) is 11.8 Å². The molecule has 1 aromatic rings. The van der Waals surface area contributed by atoms with Crippen LogP contribution in [-0.2, 0) is 28.7 Å². The molecule has 2 N–H and O–H groups in total. The SMILES string of the molecule is CC(C)N1C/C=C\CCC(=O)NC[C@@H](c2ccccc2)OC(=O)[C@@H]2[C@H]3O[C@@]4(C=C3Br)[C@H](C1=O)N(CCO)C(=O)[C@@H]24. The van der Waals surface area contributed by atoms with Gasteiger partial charge in [-0.25, -0.2) is 0 Å². The van der Waals surface area contributed by atoms with Gasteiger partial charge in [-0.2, -0.15) is 0 Å². The number of likely N-dealkylation sites (tertiary alicyclic amines) is 1. The molecule has 1 aromatic carbocycles. The molecular weight excluding hydrogens is 582 g/mol. The lowest BCUT2D eigenvalue weighted by atomic mass is 9.74. The highest BCUT2D eigenvalue weighted by molar-refractivity contribution is 9.11. The standard InChI is InChI=1S/C29H34BrN3O7/c1-17(2)32-12-8-4-7-11-21(35)31-16-20(18-9-5-3-6-10-18)39-28(38)22-23-26(36)33(13-14-34)25(27(32)37)29(23)15-19(30)24(22)40-29/h3-6,8-10,15,17,20,22-25,34H,7,11-14,16H2,1-2H3,(H,31,35)/b8-4-/t20-,22-,23+,24-,25-,29+/m0/s1. The number of carbonyl (C=O) groups is 4. The average molecular weight is 617 g/mol. The van der Waals surface area contributed by atoms with E-state index >= 15 is 0 Å². The number of aliphatic hydroxyl groups is 1. The molecule has 0 saturated carbocycles. The maximum atomic E-state index is 14.2. The Morgan fingerprint density at radius 3 is 2.58 bits per heavy atom. The van der Waals surface area contributed by atoms with Gasteiger partial charge in [0.05, 0.1) is 19.1 Å². The number of amides is 3. The van der Waals surface area contributed by atoms with Crippen molar-refractivity contribution in [2.75, 3.05) is 26.2 Å². The molecule has 4 heterocycles. The maximum Gasteiger partial charge on any atom is 0.313 e. The number of allylic oxidation sites excluding steroid dienone is 1. The van der Waals surface area contributed by atoms with Crippen LogP contribution in [0.4, 0.5) is 0 Å². The Morgan fingerprint density at radius 1 is 1.12 bits per heavy atom. The largest absolute Gasteiger partial charge is 0.455 e. The van der Waals surface area contributed by atoms with E-state index in [1.807, 2.05) is 56.3 Å². The fraction of sp³-hybridized carbons (Fsp3) is 0.517. The van der Waals surface area contributed by atoms with E-state index in [1.165, 1.54) is 4.90 Å². The Morgan fingerprint density at radius 2 is 1.88 bits per heavy atom. The minimum absolute atomic E-state index is 0.0657. The van der Waals surface area contributed by atoms with Crippen LogP contribution in [0.1, 0.15) is 38.4 Å². The summed E-state index contributed by atoms with van der Waals surface area (Å²) >= 11 is 3.52. The summed E-state index contributed by atoms with van der Waals surface area (Å²) in [5, 5.41) is 12.7. The number of cyclic esters (lactones) is 1. The van der Waals surface area contributed by atoms with Gasteiger partial charge >= 0.3 is 5.97 Å². The van der Waals surface area contributed by atoms with Crippen LogP contribution < -0.4 is 5.32 Å². The van der Waals surface area contributed by atoms with Crippen molar-refractivity contribution in [2.24, 2.45) is 11.8 Å². The van der Waals surface area contributed by atoms with Crippen LogP contribution >= 0.6 is 15.9 Å². The Hall–Kier alpha value is -3.02. The molecule has 0 aromatic heterocycles. The summed E-state index contributed by atoms with van der Waals surface area (Å²) in [6.45, 7) is 3.68. The number of aliphatic hydroxyl groups excluding tert-OH is 1. The number of nitrogens with zero attached hydrogens (tertiary/aromatic N) is 2. The van der Waals surface area contributed by atoms with Crippen LogP contribution in [0.15, 0.2) is 53.0 Å². The predicted octanol–water partition coefficient (Wildman–Crippen LogP) is 1.84. The molecule has 5 bridgehead atoms. The van der Waals surface area contributed by atoms with Crippen LogP contribution in [0.25, 0.3) is 0 Å². The monoisotopic (exact) mass is 615 g/mol. The van der Waals surface area contributed by atoms with E-state index in [0.717, 1.165) is 0 Å². The minimum Gasteiger partial charge on any atom is -0.455 e. The lowest BCUT2D eigenvalue weighted by Gasteiger charge is -2.37. The highest BCUT2D eigenvalue weighted by Gasteiger charge is 2.75. The quantitative estimate of drug-likeness (QED) is 0.391. The number of esters is 1. The maximum absolute atomic E-state index is 14.2. The molecule has 214 valence electrons. The third kappa shape index (κ3) is 4.88. The first-order chi connectivity index (χ1) is 19.2. The molecule has 2 fully saturated rings. The van der Waals surface area contributed by atoms with Crippen molar-refractivity contribution >= 4 is 39.6 Å². The van der Waals surface area contributed by atoms with Gasteiger partial charge in [-0.1, -0.05) is 58.4 Å². The van der Waals surface area contributed by atoms with Gasteiger partial charge in [0.1, 0.15) is 29.8 Å². The van der Waals surface area contributed by atoms with Gasteiger partial charge in [0, 0.05) is 30.0 Å². The number of carbonyl (C=O) groups excluding carboxylic acids is 4. The highest BCUT2D eigenvalue weighted by Crippen LogP contribution is 2.59. The van der Waals surface area contributed by atoms with E-state index in [9.17, 15) is 24.3 Å². The van der Waals surface area contributed by atoms with Crippen molar-refractivity contribution in [3.05, 3.63) is 58.6 Å². The van der Waals surface area contributed by atoms with Gasteiger partial charge < -0.3 is 29.7 Å². The number of benzene rings is 1. The number of hydrogen-bond acceptors (Lipinski definition) is 7. The molecule has 4 aliphatic rings. The third-order valence-electron chi connectivity index (χ3n) is 8.10. The molecule has 40 heavy (non-hydrogen) atoms. The fourth-order valence-corrected chi connectivity index (χ4v) is 6.99. The van der Waals surface area contributed by atoms with Crippen LogP contribution in [0.2, 0.25) is 0 Å². The lowest BCUT2D eigenvalue weighted by molar-refractivity contribution is -0.160. The first-order valence-electron chi connectivity index (χ1n) is 13.6.